The maximum absolute atomic E-state index is 6.65. The minimum Gasteiger partial charge on any atom is -0.383 e. The van der Waals surface area contributed by atoms with E-state index < -0.39 is 0 Å². The third-order valence-electron chi connectivity index (χ3n) is 5.01. The van der Waals surface area contributed by atoms with Gasteiger partial charge in [-0.1, -0.05) is 13.3 Å². The normalized spacial score (nSPS) is 21.4. The zero-order valence-electron chi connectivity index (χ0n) is 13.0. The van der Waals surface area contributed by atoms with Gasteiger partial charge in [-0.2, -0.15) is 0 Å². The van der Waals surface area contributed by atoms with Gasteiger partial charge in [-0.25, -0.2) is 4.98 Å². The number of nitrogen functional groups attached to an aromatic ring is 1. The lowest BCUT2D eigenvalue weighted by Crippen LogP contribution is -2.55. The summed E-state index contributed by atoms with van der Waals surface area (Å²) in [6.45, 7) is 8.83. The molecule has 20 heavy (non-hydrogen) atoms. The number of aryl methyl sites for hydroxylation is 1. The van der Waals surface area contributed by atoms with E-state index in [4.69, 9.17) is 11.5 Å². The average molecular weight is 276 g/mol. The third kappa shape index (κ3) is 2.67. The van der Waals surface area contributed by atoms with Crippen molar-refractivity contribution in [1.82, 2.24) is 9.88 Å². The van der Waals surface area contributed by atoms with Gasteiger partial charge in [-0.3, -0.25) is 4.90 Å². The molecule has 0 radical (unpaired) electrons. The predicted molar refractivity (Wildman–Crippen MR) is 84.4 cm³/mol. The van der Waals surface area contributed by atoms with Gasteiger partial charge in [0, 0.05) is 17.3 Å². The second kappa shape index (κ2) is 6.10. The van der Waals surface area contributed by atoms with E-state index in [0.29, 0.717) is 5.82 Å². The van der Waals surface area contributed by atoms with Crippen LogP contribution in [0.3, 0.4) is 0 Å². The predicted octanol–water partition coefficient (Wildman–Crippen LogP) is 2.63. The molecular formula is C16H28N4. The number of rotatable bonds is 4. The zero-order valence-corrected chi connectivity index (χ0v) is 13.0. The molecule has 2 heterocycles. The van der Waals surface area contributed by atoms with Crippen LogP contribution in [0.1, 0.15) is 56.7 Å². The molecule has 0 aromatic carbocycles. The first kappa shape index (κ1) is 15.3. The van der Waals surface area contributed by atoms with Crippen molar-refractivity contribution < 1.29 is 0 Å². The highest BCUT2D eigenvalue weighted by atomic mass is 15.2. The average Bonchev–Trinajstić information content (AvgIpc) is 2.47. The Bertz CT molecular complexity index is 434. The monoisotopic (exact) mass is 276 g/mol. The van der Waals surface area contributed by atoms with Crippen LogP contribution in [0.4, 0.5) is 5.82 Å². The van der Waals surface area contributed by atoms with Crippen LogP contribution in [0.25, 0.3) is 0 Å². The number of nitrogens with zero attached hydrogens (tertiary/aromatic N) is 2. The van der Waals surface area contributed by atoms with Crippen LogP contribution in [0.2, 0.25) is 0 Å². The van der Waals surface area contributed by atoms with Gasteiger partial charge in [0.15, 0.2) is 0 Å². The summed E-state index contributed by atoms with van der Waals surface area (Å²) in [5.74, 6) is 0.578. The van der Waals surface area contributed by atoms with Gasteiger partial charge in [-0.05, 0) is 57.8 Å². The lowest BCUT2D eigenvalue weighted by molar-refractivity contribution is 0.0542. The molecule has 4 nitrogen and oxygen atoms in total. The summed E-state index contributed by atoms with van der Waals surface area (Å²) in [6, 6.07) is 1.90. The Labute approximate surface area is 122 Å². The number of hydrogen-bond donors (Lipinski definition) is 2. The van der Waals surface area contributed by atoms with Crippen molar-refractivity contribution in [2.24, 2.45) is 5.73 Å². The van der Waals surface area contributed by atoms with Crippen molar-refractivity contribution in [2.75, 3.05) is 18.8 Å². The van der Waals surface area contributed by atoms with Gasteiger partial charge in [0.1, 0.15) is 5.82 Å². The van der Waals surface area contributed by atoms with Crippen molar-refractivity contribution in [3.05, 3.63) is 23.4 Å². The van der Waals surface area contributed by atoms with E-state index in [1.165, 1.54) is 19.3 Å². The SMILES string of the molecule is CCC(C)(C(N)c1c(C)ccnc1N)N1CCCCC1. The van der Waals surface area contributed by atoms with Crippen LogP contribution in [-0.2, 0) is 0 Å². The Hall–Kier alpha value is -1.13. The molecule has 0 aliphatic carbocycles. The second-order valence-electron chi connectivity index (χ2n) is 6.16. The van der Waals surface area contributed by atoms with Gasteiger partial charge >= 0.3 is 0 Å². The molecule has 1 aliphatic heterocycles. The van der Waals surface area contributed by atoms with E-state index in [2.05, 4.69) is 30.7 Å². The number of anilines is 1. The molecule has 0 saturated carbocycles. The highest BCUT2D eigenvalue weighted by Gasteiger charge is 2.39. The van der Waals surface area contributed by atoms with E-state index in [1.807, 2.05) is 6.07 Å². The van der Waals surface area contributed by atoms with Crippen LogP contribution < -0.4 is 11.5 Å². The molecule has 4 N–H and O–H groups in total. The molecule has 1 fully saturated rings. The van der Waals surface area contributed by atoms with E-state index in [-0.39, 0.29) is 11.6 Å². The van der Waals surface area contributed by atoms with E-state index in [0.717, 1.165) is 30.6 Å². The lowest BCUT2D eigenvalue weighted by atomic mass is 9.81. The standard InChI is InChI=1S/C16H28N4/c1-4-16(3,20-10-6-5-7-11-20)14(17)13-12(2)8-9-19-15(13)18/h8-9,14H,4-7,10-11,17H2,1-3H3,(H2,18,19). The minimum atomic E-state index is -0.0979. The van der Waals surface area contributed by atoms with Crippen LogP contribution in [-0.4, -0.2) is 28.5 Å². The quantitative estimate of drug-likeness (QED) is 0.887. The van der Waals surface area contributed by atoms with Gasteiger partial charge in [0.05, 0.1) is 6.04 Å². The van der Waals surface area contributed by atoms with Gasteiger partial charge in [0.25, 0.3) is 0 Å². The molecule has 2 atom stereocenters. The van der Waals surface area contributed by atoms with E-state index in [1.54, 1.807) is 6.20 Å². The molecule has 112 valence electrons. The minimum absolute atomic E-state index is 0.0532. The maximum Gasteiger partial charge on any atom is 0.128 e. The molecule has 2 unspecified atom stereocenters. The highest BCUT2D eigenvalue weighted by molar-refractivity contribution is 5.47. The molecule has 4 heteroatoms. The van der Waals surface area contributed by atoms with Gasteiger partial charge in [0.2, 0.25) is 0 Å². The lowest BCUT2D eigenvalue weighted by Gasteiger charge is -2.47. The first-order chi connectivity index (χ1) is 9.50. The molecule has 2 rings (SSSR count). The number of piperidine rings is 1. The second-order valence-corrected chi connectivity index (χ2v) is 6.16. The third-order valence-corrected chi connectivity index (χ3v) is 5.01. The van der Waals surface area contributed by atoms with Crippen molar-refractivity contribution in [3.63, 3.8) is 0 Å². The molecule has 1 aromatic rings. The fourth-order valence-electron chi connectivity index (χ4n) is 3.35. The molecule has 0 spiro atoms. The Kier molecular flexibility index (Phi) is 4.66. The molecule has 1 saturated heterocycles. The topological polar surface area (TPSA) is 68.2 Å². The number of nitrogens with two attached hydrogens (primary N) is 2. The van der Waals surface area contributed by atoms with Crippen LogP contribution >= 0.6 is 0 Å². The molecular weight excluding hydrogens is 248 g/mol. The summed E-state index contributed by atoms with van der Waals surface area (Å²) in [4.78, 5) is 6.78. The summed E-state index contributed by atoms with van der Waals surface area (Å²) in [5, 5.41) is 0. The van der Waals surface area contributed by atoms with Crippen molar-refractivity contribution in [1.29, 1.82) is 0 Å². The number of hydrogen-bond acceptors (Lipinski definition) is 4. The van der Waals surface area contributed by atoms with Crippen molar-refractivity contribution in [2.45, 2.75) is 58.0 Å². The molecule has 1 aromatic heterocycles. The zero-order chi connectivity index (χ0) is 14.8. The fourth-order valence-corrected chi connectivity index (χ4v) is 3.35. The largest absolute Gasteiger partial charge is 0.383 e. The number of likely N-dealkylation sites (tertiary alicyclic amines) is 1. The van der Waals surface area contributed by atoms with Crippen molar-refractivity contribution in [3.8, 4) is 0 Å². The van der Waals surface area contributed by atoms with Crippen molar-refractivity contribution >= 4 is 5.82 Å². The first-order valence-electron chi connectivity index (χ1n) is 7.72. The maximum atomic E-state index is 6.65. The molecule has 0 amide bonds. The summed E-state index contributed by atoms with van der Waals surface area (Å²) in [6.07, 6.45) is 6.64. The molecule has 0 bridgehead atoms. The smallest absolute Gasteiger partial charge is 0.128 e. The van der Waals surface area contributed by atoms with Gasteiger partial charge in [-0.15, -0.1) is 0 Å². The highest BCUT2D eigenvalue weighted by Crippen LogP contribution is 2.37. The Morgan fingerprint density at radius 3 is 2.55 bits per heavy atom. The van der Waals surface area contributed by atoms with E-state index >= 15 is 0 Å². The summed E-state index contributed by atoms with van der Waals surface area (Å²) in [7, 11) is 0. The van der Waals surface area contributed by atoms with Gasteiger partial charge < -0.3 is 11.5 Å². The van der Waals surface area contributed by atoms with Crippen LogP contribution in [0, 0.1) is 6.92 Å². The fraction of sp³-hybridized carbons (Fsp3) is 0.688. The van der Waals surface area contributed by atoms with E-state index in [9.17, 15) is 0 Å². The molecule has 1 aliphatic rings. The summed E-state index contributed by atoms with van der Waals surface area (Å²) in [5.41, 5.74) is 14.9. The van der Waals surface area contributed by atoms with Crippen LogP contribution in [0.5, 0.6) is 0 Å². The summed E-state index contributed by atoms with van der Waals surface area (Å²) >= 11 is 0. The Balaban J connectivity index is 2.34. The number of pyridine rings is 1. The Morgan fingerprint density at radius 2 is 2.00 bits per heavy atom. The Morgan fingerprint density at radius 1 is 1.35 bits per heavy atom. The summed E-state index contributed by atoms with van der Waals surface area (Å²) < 4.78 is 0. The first-order valence-corrected chi connectivity index (χ1v) is 7.72. The number of aromatic nitrogens is 1. The van der Waals surface area contributed by atoms with Crippen LogP contribution in [0.15, 0.2) is 12.3 Å².